The molecule has 3 aliphatic heterocycles. The minimum atomic E-state index is -3.27. The fourth-order valence-electron chi connectivity index (χ4n) is 6.26. The number of nitrogens with one attached hydrogen (secondary N) is 2. The molecule has 17 N–H and O–H groups in total. The van der Waals surface area contributed by atoms with E-state index in [1.165, 1.54) is 0 Å². The van der Waals surface area contributed by atoms with E-state index in [4.69, 9.17) is 28.8 Å². The topological polar surface area (TPSA) is 442 Å². The van der Waals surface area contributed by atoms with Crippen LogP contribution >= 0.6 is 0 Å². The van der Waals surface area contributed by atoms with Crippen molar-refractivity contribution in [3.05, 3.63) is 0 Å². The van der Waals surface area contributed by atoms with Gasteiger partial charge < -0.3 is 111 Å². The summed E-state index contributed by atoms with van der Waals surface area (Å²) >= 11 is 0. The van der Waals surface area contributed by atoms with Gasteiger partial charge in [0.25, 0.3) is 11.6 Å². The van der Waals surface area contributed by atoms with Crippen LogP contribution in [0, 0.1) is 0 Å². The van der Waals surface area contributed by atoms with Crippen molar-refractivity contribution in [3.63, 3.8) is 0 Å². The summed E-state index contributed by atoms with van der Waals surface area (Å²) in [6, 6.07) is -3.78. The summed E-state index contributed by atoms with van der Waals surface area (Å²) in [4.78, 5) is 49.7. The van der Waals surface area contributed by atoms with Crippen molar-refractivity contribution in [2.75, 3.05) is 33.0 Å². The summed E-state index contributed by atoms with van der Waals surface area (Å²) in [5, 5.41) is 158. The molecule has 17 atom stereocenters. The van der Waals surface area contributed by atoms with Gasteiger partial charge in [0.1, 0.15) is 74.3 Å². The SMILES string of the molecule is O=C(CO)N[C@H]1[C@H]([C@H](O)[C@H](O)CO)O[C@@](O[C@H](CO)[C@@H](O)[C@@H]2O[C@@](O[C@@H]3[C@@H](O)[C@H](O)O[C@H](CO)[C@@H]3O)(C(=O)O)C[C@H](O)[C@H]2NC(=O)CO)(C(=O)O)C[C@@H]1O. The normalized spacial score (nSPS) is 39.5. The first-order valence-corrected chi connectivity index (χ1v) is 16.2. The smallest absolute Gasteiger partial charge is 0.364 e. The minimum Gasteiger partial charge on any atom is -0.477 e. The quantitative estimate of drug-likeness (QED) is 0.0650. The molecule has 0 aromatic carbocycles. The fraction of sp³-hybridized carbons (Fsp3) is 0.857. The van der Waals surface area contributed by atoms with Gasteiger partial charge in [-0.3, -0.25) is 9.59 Å². The van der Waals surface area contributed by atoms with E-state index in [0.717, 1.165) is 0 Å². The van der Waals surface area contributed by atoms with E-state index in [0.29, 0.717) is 0 Å². The Morgan fingerprint density at radius 3 is 1.63 bits per heavy atom. The molecule has 0 aliphatic carbocycles. The van der Waals surface area contributed by atoms with Crippen molar-refractivity contribution in [1.82, 2.24) is 10.6 Å². The Labute approximate surface area is 303 Å². The molecule has 26 heteroatoms. The summed E-state index contributed by atoms with van der Waals surface area (Å²) in [7, 11) is 0. The summed E-state index contributed by atoms with van der Waals surface area (Å²) in [6.45, 7) is -6.04. The number of amides is 2. The molecule has 0 aromatic rings. The second kappa shape index (κ2) is 18.9. The number of aliphatic carboxylic acids is 2. The van der Waals surface area contributed by atoms with E-state index < -0.39 is 173 Å². The van der Waals surface area contributed by atoms with Gasteiger partial charge in [0.05, 0.1) is 44.1 Å². The molecule has 54 heavy (non-hydrogen) atoms. The van der Waals surface area contributed by atoms with Gasteiger partial charge in [-0.1, -0.05) is 0 Å². The van der Waals surface area contributed by atoms with Gasteiger partial charge in [-0.05, 0) is 0 Å². The maximum Gasteiger partial charge on any atom is 0.364 e. The van der Waals surface area contributed by atoms with E-state index in [9.17, 15) is 90.7 Å². The molecule has 312 valence electrons. The Balaban J connectivity index is 2.07. The summed E-state index contributed by atoms with van der Waals surface area (Å²) in [5.41, 5.74) is 0. The summed E-state index contributed by atoms with van der Waals surface area (Å²) in [5.74, 6) is -13.2. The predicted molar refractivity (Wildman–Crippen MR) is 162 cm³/mol. The first kappa shape index (κ1) is 45.5. The number of rotatable bonds is 17. The van der Waals surface area contributed by atoms with Crippen LogP contribution in [0.2, 0.25) is 0 Å². The Morgan fingerprint density at radius 2 is 1.19 bits per heavy atom. The third-order valence-corrected chi connectivity index (χ3v) is 9.06. The third kappa shape index (κ3) is 9.57. The highest BCUT2D eigenvalue weighted by Crippen LogP contribution is 2.39. The molecule has 0 spiro atoms. The molecule has 3 aliphatic rings. The molecule has 0 saturated carbocycles. The van der Waals surface area contributed by atoms with Gasteiger partial charge in [-0.15, -0.1) is 0 Å². The lowest BCUT2D eigenvalue weighted by Crippen LogP contribution is -2.71. The van der Waals surface area contributed by atoms with Gasteiger partial charge in [0.15, 0.2) is 6.29 Å². The Hall–Kier alpha value is -2.84. The van der Waals surface area contributed by atoms with Crippen molar-refractivity contribution in [1.29, 1.82) is 0 Å². The number of hydrogen-bond donors (Lipinski definition) is 17. The lowest BCUT2D eigenvalue weighted by molar-refractivity contribution is -0.371. The number of carboxylic acids is 2. The Morgan fingerprint density at radius 1 is 0.704 bits per heavy atom. The number of carbonyl (C=O) groups excluding carboxylic acids is 2. The zero-order valence-electron chi connectivity index (χ0n) is 28.0. The molecule has 0 unspecified atom stereocenters. The molecular formula is C28H46N2O24. The minimum absolute atomic E-state index is 0.992. The van der Waals surface area contributed by atoms with Crippen LogP contribution in [0.25, 0.3) is 0 Å². The number of carbonyl (C=O) groups is 4. The number of aliphatic hydroxyl groups excluding tert-OH is 13. The fourth-order valence-corrected chi connectivity index (χ4v) is 6.26. The van der Waals surface area contributed by atoms with Crippen LogP contribution in [0.5, 0.6) is 0 Å². The van der Waals surface area contributed by atoms with Crippen LogP contribution in [0.4, 0.5) is 0 Å². The number of carboxylic acid groups (broad SMARTS) is 2. The molecule has 3 rings (SSSR count). The van der Waals surface area contributed by atoms with E-state index in [2.05, 4.69) is 0 Å². The van der Waals surface area contributed by atoms with Crippen molar-refractivity contribution in [2.24, 2.45) is 0 Å². The second-order valence-electron chi connectivity index (χ2n) is 12.7. The largest absolute Gasteiger partial charge is 0.477 e. The van der Waals surface area contributed by atoms with Crippen LogP contribution in [-0.4, -0.2) is 237 Å². The van der Waals surface area contributed by atoms with Crippen molar-refractivity contribution >= 4 is 23.8 Å². The van der Waals surface area contributed by atoms with Gasteiger partial charge in [0, 0.05) is 12.8 Å². The third-order valence-electron chi connectivity index (χ3n) is 9.06. The molecule has 0 bridgehead atoms. The molecule has 0 aromatic heterocycles. The predicted octanol–water partition coefficient (Wildman–Crippen LogP) is -10.9. The standard InChI is InChI=1S/C28H46N2O24/c31-3-10(38)17(41)21-15(29-13(39)6-34)8(36)1-27(52-21,25(46)47)51-12(5-33)19(43)22-16(30-14(40)7-35)9(37)2-28(53-22,26(48)49)54-23-18(42)11(4-32)50-24(45)20(23)44/h8-12,15-24,31-38,41-45H,1-7H2,(H,29,39)(H,30,40)(H,46,47)(H,48,49)/t8-,9-,10+,11+,12+,15+,16+,17+,18-,19+,20+,21+,22+,23-,24+,27+,28-/m0/s1. The summed E-state index contributed by atoms with van der Waals surface area (Å²) < 4.78 is 26.7. The monoisotopic (exact) mass is 794 g/mol. The average Bonchev–Trinajstić information content (AvgIpc) is 3.14. The van der Waals surface area contributed by atoms with Gasteiger partial charge in [0.2, 0.25) is 11.8 Å². The zero-order valence-corrected chi connectivity index (χ0v) is 28.0. The van der Waals surface area contributed by atoms with Crippen LogP contribution in [0.3, 0.4) is 0 Å². The van der Waals surface area contributed by atoms with E-state index >= 15 is 0 Å². The van der Waals surface area contributed by atoms with Gasteiger partial charge >= 0.3 is 11.9 Å². The van der Waals surface area contributed by atoms with Crippen molar-refractivity contribution in [2.45, 2.75) is 116 Å². The molecule has 3 heterocycles. The maximum absolute atomic E-state index is 12.7. The van der Waals surface area contributed by atoms with Crippen LogP contribution in [-0.2, 0) is 42.9 Å². The van der Waals surface area contributed by atoms with E-state index in [1.807, 2.05) is 10.6 Å². The van der Waals surface area contributed by atoms with E-state index in [1.54, 1.807) is 0 Å². The molecule has 2 amide bonds. The second-order valence-corrected chi connectivity index (χ2v) is 12.7. The van der Waals surface area contributed by atoms with Crippen molar-refractivity contribution < 1.29 is 119 Å². The molecular weight excluding hydrogens is 748 g/mol. The number of ether oxygens (including phenoxy) is 5. The average molecular weight is 795 g/mol. The highest BCUT2D eigenvalue weighted by Gasteiger charge is 2.61. The molecule has 0 radical (unpaired) electrons. The molecule has 3 saturated heterocycles. The van der Waals surface area contributed by atoms with Crippen LogP contribution in [0.15, 0.2) is 0 Å². The Bertz CT molecular complexity index is 1300. The van der Waals surface area contributed by atoms with Gasteiger partial charge in [-0.2, -0.15) is 0 Å². The van der Waals surface area contributed by atoms with E-state index in [-0.39, 0.29) is 0 Å². The highest BCUT2D eigenvalue weighted by atomic mass is 16.8. The molecule has 26 nitrogen and oxygen atoms in total. The van der Waals surface area contributed by atoms with Crippen LogP contribution in [0.1, 0.15) is 12.8 Å². The Kier molecular flexibility index (Phi) is 15.9. The molecule has 3 fully saturated rings. The van der Waals surface area contributed by atoms with Gasteiger partial charge in [-0.25, -0.2) is 9.59 Å². The first-order valence-electron chi connectivity index (χ1n) is 16.2. The zero-order chi connectivity index (χ0) is 40.9. The highest BCUT2D eigenvalue weighted by molar-refractivity contribution is 5.79. The lowest BCUT2D eigenvalue weighted by atomic mass is 9.87. The number of aliphatic hydroxyl groups is 13. The van der Waals surface area contributed by atoms with Crippen LogP contribution < -0.4 is 10.6 Å². The summed E-state index contributed by atoms with van der Waals surface area (Å²) in [6.07, 6.45) is -31.0. The number of hydrogen-bond acceptors (Lipinski definition) is 22. The maximum atomic E-state index is 12.7. The van der Waals surface area contributed by atoms with Crippen molar-refractivity contribution in [3.8, 4) is 0 Å². The first-order chi connectivity index (χ1) is 25.3. The lowest BCUT2D eigenvalue weighted by Gasteiger charge is -2.51.